The van der Waals surface area contributed by atoms with E-state index in [0.717, 1.165) is 16.7 Å². The predicted molar refractivity (Wildman–Crippen MR) is 126 cm³/mol. The summed E-state index contributed by atoms with van der Waals surface area (Å²) < 4.78 is 43.8. The van der Waals surface area contributed by atoms with Crippen LogP contribution in [0.15, 0.2) is 72.8 Å². The predicted octanol–water partition coefficient (Wildman–Crippen LogP) is 5.15. The van der Waals surface area contributed by atoms with E-state index < -0.39 is 10.3 Å². The Hall–Kier alpha value is -3.03. The van der Waals surface area contributed by atoms with E-state index >= 15 is 0 Å². The molecule has 0 unspecified atom stereocenters. The molecule has 0 fully saturated rings. The second-order valence-corrected chi connectivity index (χ2v) is 9.33. The average Bonchev–Trinajstić information content (AvgIpc) is 2.79. The molecule has 3 rings (SSSR count). The number of nitrogens with zero attached hydrogens (tertiary/aromatic N) is 1. The summed E-state index contributed by atoms with van der Waals surface area (Å²) >= 11 is 0. The van der Waals surface area contributed by atoms with Crippen molar-refractivity contribution in [1.82, 2.24) is 4.31 Å². The Labute approximate surface area is 190 Å². The maximum Gasteiger partial charge on any atom is 0.385 e. The lowest BCUT2D eigenvalue weighted by atomic mass is 10.1. The molecule has 0 atom stereocenters. The van der Waals surface area contributed by atoms with E-state index in [-0.39, 0.29) is 18.2 Å². The smallest absolute Gasteiger partial charge is 0.385 e. The monoisotopic (exact) mass is 455 g/mol. The second-order valence-electron chi connectivity index (χ2n) is 7.80. The van der Waals surface area contributed by atoms with Crippen molar-refractivity contribution >= 4 is 10.3 Å². The van der Waals surface area contributed by atoms with Crippen molar-refractivity contribution in [2.45, 2.75) is 20.4 Å². The van der Waals surface area contributed by atoms with Gasteiger partial charge < -0.3 is 13.7 Å². The van der Waals surface area contributed by atoms with Gasteiger partial charge in [-0.15, -0.1) is 0 Å². The van der Waals surface area contributed by atoms with Crippen molar-refractivity contribution < 1.29 is 22.1 Å². The molecular weight excluding hydrogens is 426 g/mol. The number of methoxy groups -OCH3 is 2. The van der Waals surface area contributed by atoms with Gasteiger partial charge in [-0.05, 0) is 35.2 Å². The highest BCUT2D eigenvalue weighted by Gasteiger charge is 2.27. The Morgan fingerprint density at radius 1 is 0.812 bits per heavy atom. The Balaban J connectivity index is 1.82. The highest BCUT2D eigenvalue weighted by molar-refractivity contribution is 7.84. The first-order valence-electron chi connectivity index (χ1n) is 10.4. The molecule has 0 amide bonds. The highest BCUT2D eigenvalue weighted by atomic mass is 32.2. The first-order valence-corrected chi connectivity index (χ1v) is 11.7. The van der Waals surface area contributed by atoms with E-state index in [2.05, 4.69) is 0 Å². The van der Waals surface area contributed by atoms with Gasteiger partial charge in [0.2, 0.25) is 0 Å². The second kappa shape index (κ2) is 10.5. The first-order chi connectivity index (χ1) is 15.3. The van der Waals surface area contributed by atoms with E-state index in [0.29, 0.717) is 18.0 Å². The Morgan fingerprint density at radius 2 is 1.44 bits per heavy atom. The Bertz CT molecular complexity index is 1110. The summed E-state index contributed by atoms with van der Waals surface area (Å²) in [6, 6.07) is 22.2. The number of rotatable bonds is 10. The fraction of sp³-hybridized carbons (Fsp3) is 0.280. The lowest BCUT2D eigenvalue weighted by molar-refractivity contribution is 0.316. The third-order valence-electron chi connectivity index (χ3n) is 4.89. The van der Waals surface area contributed by atoms with Gasteiger partial charge >= 0.3 is 10.3 Å². The highest BCUT2D eigenvalue weighted by Crippen LogP contribution is 2.28. The number of hydrogen-bond acceptors (Lipinski definition) is 5. The summed E-state index contributed by atoms with van der Waals surface area (Å²) in [5, 5.41) is 0. The molecule has 3 aromatic carbocycles. The van der Waals surface area contributed by atoms with Crippen LogP contribution in [0.25, 0.3) is 11.1 Å². The molecule has 0 spiro atoms. The minimum Gasteiger partial charge on any atom is -0.497 e. The quantitative estimate of drug-likeness (QED) is 0.423. The van der Waals surface area contributed by atoms with E-state index in [1.54, 1.807) is 44.6 Å². The van der Waals surface area contributed by atoms with Gasteiger partial charge in [0, 0.05) is 24.7 Å². The van der Waals surface area contributed by atoms with Gasteiger partial charge in [0.1, 0.15) is 17.2 Å². The maximum absolute atomic E-state index is 13.2. The van der Waals surface area contributed by atoms with Crippen molar-refractivity contribution in [2.24, 2.45) is 5.92 Å². The third-order valence-corrected chi connectivity index (χ3v) is 6.20. The van der Waals surface area contributed by atoms with Crippen LogP contribution >= 0.6 is 0 Å². The molecule has 0 radical (unpaired) electrons. The third kappa shape index (κ3) is 6.02. The van der Waals surface area contributed by atoms with Crippen LogP contribution in [0.2, 0.25) is 0 Å². The summed E-state index contributed by atoms with van der Waals surface area (Å²) in [5.41, 5.74) is 2.76. The van der Waals surface area contributed by atoms with Crippen LogP contribution in [0.3, 0.4) is 0 Å². The summed E-state index contributed by atoms with van der Waals surface area (Å²) in [4.78, 5) is 0. The fourth-order valence-electron chi connectivity index (χ4n) is 3.32. The minimum absolute atomic E-state index is 0.109. The normalized spacial score (nSPS) is 11.6. The average molecular weight is 456 g/mol. The van der Waals surface area contributed by atoms with Crippen LogP contribution in [0.1, 0.15) is 19.4 Å². The molecule has 3 aromatic rings. The zero-order chi connectivity index (χ0) is 23.1. The summed E-state index contributed by atoms with van der Waals surface area (Å²) in [7, 11) is -0.924. The minimum atomic E-state index is -4.04. The molecule has 0 saturated carbocycles. The molecule has 170 valence electrons. The largest absolute Gasteiger partial charge is 0.497 e. The van der Waals surface area contributed by atoms with Crippen LogP contribution in [-0.4, -0.2) is 33.5 Å². The van der Waals surface area contributed by atoms with E-state index in [4.69, 9.17) is 13.7 Å². The molecule has 0 aliphatic heterocycles. The standard InChI is InChI=1S/C25H29NO5S/c1-19(2)17-26(18-22-12-15-24(29-3)16-25(22)30-4)32(27,28)31-23-13-10-21(11-14-23)20-8-6-5-7-9-20/h5-16,19H,17-18H2,1-4H3. The van der Waals surface area contributed by atoms with Gasteiger partial charge in [0.05, 0.1) is 14.2 Å². The van der Waals surface area contributed by atoms with Gasteiger partial charge in [0.25, 0.3) is 0 Å². The van der Waals surface area contributed by atoms with Gasteiger partial charge in [-0.3, -0.25) is 0 Å². The van der Waals surface area contributed by atoms with Crippen LogP contribution in [-0.2, 0) is 16.8 Å². The summed E-state index contributed by atoms with van der Waals surface area (Å²) in [6.07, 6.45) is 0. The number of hydrogen-bond donors (Lipinski definition) is 0. The summed E-state index contributed by atoms with van der Waals surface area (Å²) in [5.74, 6) is 1.57. The first kappa shape index (κ1) is 23.6. The SMILES string of the molecule is COc1ccc(CN(CC(C)C)S(=O)(=O)Oc2ccc(-c3ccccc3)cc2)c(OC)c1. The van der Waals surface area contributed by atoms with Gasteiger partial charge in [-0.25, -0.2) is 0 Å². The Kier molecular flexibility index (Phi) is 7.77. The molecular formula is C25H29NO5S. The molecule has 7 heteroatoms. The van der Waals surface area contributed by atoms with Gasteiger partial charge in [-0.2, -0.15) is 12.7 Å². The molecule has 0 aromatic heterocycles. The molecule has 0 saturated heterocycles. The van der Waals surface area contributed by atoms with Crippen molar-refractivity contribution in [2.75, 3.05) is 20.8 Å². The topological polar surface area (TPSA) is 65.1 Å². The zero-order valence-corrected chi connectivity index (χ0v) is 19.6. The number of ether oxygens (including phenoxy) is 2. The van der Waals surface area contributed by atoms with E-state index in [1.807, 2.05) is 56.3 Å². The van der Waals surface area contributed by atoms with Crippen LogP contribution in [0.5, 0.6) is 17.2 Å². The van der Waals surface area contributed by atoms with Gasteiger partial charge in [-0.1, -0.05) is 62.4 Å². The number of benzene rings is 3. The van der Waals surface area contributed by atoms with E-state index in [1.165, 1.54) is 4.31 Å². The maximum atomic E-state index is 13.2. The molecule has 6 nitrogen and oxygen atoms in total. The van der Waals surface area contributed by atoms with E-state index in [9.17, 15) is 8.42 Å². The fourth-order valence-corrected chi connectivity index (χ4v) is 4.56. The molecule has 0 heterocycles. The Morgan fingerprint density at radius 3 is 2.03 bits per heavy atom. The van der Waals surface area contributed by atoms with Crippen molar-refractivity contribution in [1.29, 1.82) is 0 Å². The molecule has 0 bridgehead atoms. The summed E-state index contributed by atoms with van der Waals surface area (Å²) in [6.45, 7) is 4.35. The molecule has 32 heavy (non-hydrogen) atoms. The van der Waals surface area contributed by atoms with Crippen LogP contribution < -0.4 is 13.7 Å². The van der Waals surface area contributed by atoms with Crippen molar-refractivity contribution in [3.8, 4) is 28.4 Å². The lowest BCUT2D eigenvalue weighted by Gasteiger charge is -2.24. The zero-order valence-electron chi connectivity index (χ0n) is 18.8. The van der Waals surface area contributed by atoms with Crippen LogP contribution in [0, 0.1) is 5.92 Å². The molecule has 0 N–H and O–H groups in total. The molecule has 0 aliphatic rings. The van der Waals surface area contributed by atoms with Crippen LogP contribution in [0.4, 0.5) is 0 Å². The lowest BCUT2D eigenvalue weighted by Crippen LogP contribution is -2.36. The van der Waals surface area contributed by atoms with Gasteiger partial charge in [0.15, 0.2) is 0 Å². The molecule has 0 aliphatic carbocycles. The van der Waals surface area contributed by atoms with Crippen molar-refractivity contribution in [3.63, 3.8) is 0 Å². The van der Waals surface area contributed by atoms with Crippen molar-refractivity contribution in [3.05, 3.63) is 78.4 Å².